The minimum atomic E-state index is 0.648. The molecule has 1 fully saturated rings. The lowest BCUT2D eigenvalue weighted by Gasteiger charge is -2.26. The molecule has 1 aliphatic carbocycles. The van der Waals surface area contributed by atoms with Crippen LogP contribution in [0.2, 0.25) is 0 Å². The Balaban J connectivity index is 2.30. The van der Waals surface area contributed by atoms with Crippen LogP contribution in [-0.4, -0.2) is 22.4 Å². The summed E-state index contributed by atoms with van der Waals surface area (Å²) in [5, 5.41) is 4.40. The van der Waals surface area contributed by atoms with E-state index in [2.05, 4.69) is 23.8 Å². The molecule has 1 aromatic heterocycles. The molecule has 1 aliphatic rings. The van der Waals surface area contributed by atoms with Crippen molar-refractivity contribution < 1.29 is 0 Å². The van der Waals surface area contributed by atoms with E-state index in [0.29, 0.717) is 12.0 Å². The maximum Gasteiger partial charge on any atom is 0.150 e. The average molecular weight is 222 g/mol. The molecule has 0 spiro atoms. The number of hydrogen-bond acceptors (Lipinski definition) is 3. The SMILES string of the molecule is Cc1nn(C)c(N(CC(C)C)C2CC2)c1N. The van der Waals surface area contributed by atoms with Crippen molar-refractivity contribution in [1.82, 2.24) is 9.78 Å². The van der Waals surface area contributed by atoms with E-state index in [1.54, 1.807) is 0 Å². The number of hydrogen-bond donors (Lipinski definition) is 1. The Labute approximate surface area is 97.4 Å². The number of aromatic nitrogens is 2. The van der Waals surface area contributed by atoms with Gasteiger partial charge in [0.25, 0.3) is 0 Å². The Kier molecular flexibility index (Phi) is 2.82. The molecule has 0 unspecified atom stereocenters. The van der Waals surface area contributed by atoms with E-state index < -0.39 is 0 Å². The average Bonchev–Trinajstić information content (AvgIpc) is 2.95. The van der Waals surface area contributed by atoms with Crippen LogP contribution in [0, 0.1) is 12.8 Å². The molecule has 0 saturated heterocycles. The third kappa shape index (κ3) is 2.01. The predicted molar refractivity (Wildman–Crippen MR) is 67.6 cm³/mol. The maximum absolute atomic E-state index is 6.12. The number of nitrogen functional groups attached to an aromatic ring is 1. The first-order chi connectivity index (χ1) is 7.50. The lowest BCUT2D eigenvalue weighted by molar-refractivity contribution is 0.588. The molecule has 1 aromatic rings. The second kappa shape index (κ2) is 4.00. The van der Waals surface area contributed by atoms with Gasteiger partial charge in [-0.2, -0.15) is 5.10 Å². The van der Waals surface area contributed by atoms with Gasteiger partial charge in [-0.1, -0.05) is 13.8 Å². The number of rotatable bonds is 4. The number of nitrogens with zero attached hydrogens (tertiary/aromatic N) is 3. The Morgan fingerprint density at radius 2 is 2.12 bits per heavy atom. The number of anilines is 2. The smallest absolute Gasteiger partial charge is 0.150 e. The lowest BCUT2D eigenvalue weighted by atomic mass is 10.2. The van der Waals surface area contributed by atoms with Gasteiger partial charge in [-0.05, 0) is 25.7 Å². The van der Waals surface area contributed by atoms with Crippen LogP contribution < -0.4 is 10.6 Å². The maximum atomic E-state index is 6.12. The number of nitrogens with two attached hydrogens (primary N) is 1. The minimum Gasteiger partial charge on any atom is -0.394 e. The molecule has 16 heavy (non-hydrogen) atoms. The van der Waals surface area contributed by atoms with Crippen molar-refractivity contribution >= 4 is 11.5 Å². The van der Waals surface area contributed by atoms with Gasteiger partial charge in [0.05, 0.1) is 11.4 Å². The van der Waals surface area contributed by atoms with Crippen LogP contribution in [0.15, 0.2) is 0 Å². The zero-order valence-electron chi connectivity index (χ0n) is 10.7. The van der Waals surface area contributed by atoms with Crippen molar-refractivity contribution in [1.29, 1.82) is 0 Å². The molecule has 1 saturated carbocycles. The molecule has 90 valence electrons. The van der Waals surface area contributed by atoms with Crippen LogP contribution >= 0.6 is 0 Å². The summed E-state index contributed by atoms with van der Waals surface area (Å²) in [6.45, 7) is 7.52. The van der Waals surface area contributed by atoms with Gasteiger partial charge in [-0.3, -0.25) is 4.68 Å². The highest BCUT2D eigenvalue weighted by molar-refractivity contribution is 5.67. The van der Waals surface area contributed by atoms with Crippen molar-refractivity contribution in [2.45, 2.75) is 39.7 Å². The van der Waals surface area contributed by atoms with Crippen molar-refractivity contribution in [2.24, 2.45) is 13.0 Å². The first-order valence-electron chi connectivity index (χ1n) is 6.06. The van der Waals surface area contributed by atoms with Gasteiger partial charge in [0, 0.05) is 19.6 Å². The van der Waals surface area contributed by atoms with Crippen LogP contribution in [0.5, 0.6) is 0 Å². The monoisotopic (exact) mass is 222 g/mol. The van der Waals surface area contributed by atoms with Gasteiger partial charge in [0.1, 0.15) is 0 Å². The molecule has 2 N–H and O–H groups in total. The van der Waals surface area contributed by atoms with Gasteiger partial charge in [0.15, 0.2) is 5.82 Å². The van der Waals surface area contributed by atoms with Gasteiger partial charge >= 0.3 is 0 Å². The van der Waals surface area contributed by atoms with Crippen LogP contribution in [0.25, 0.3) is 0 Å². The summed E-state index contributed by atoms with van der Waals surface area (Å²) < 4.78 is 1.92. The normalized spacial score (nSPS) is 15.8. The zero-order valence-corrected chi connectivity index (χ0v) is 10.7. The largest absolute Gasteiger partial charge is 0.394 e. The Hall–Kier alpha value is -1.19. The molecule has 0 amide bonds. The van der Waals surface area contributed by atoms with Gasteiger partial charge in [0.2, 0.25) is 0 Å². The van der Waals surface area contributed by atoms with E-state index in [9.17, 15) is 0 Å². The molecule has 4 nitrogen and oxygen atoms in total. The van der Waals surface area contributed by atoms with E-state index in [4.69, 9.17) is 5.73 Å². The highest BCUT2D eigenvalue weighted by Crippen LogP contribution is 2.36. The fraction of sp³-hybridized carbons (Fsp3) is 0.750. The minimum absolute atomic E-state index is 0.648. The summed E-state index contributed by atoms with van der Waals surface area (Å²) in [6.07, 6.45) is 2.58. The quantitative estimate of drug-likeness (QED) is 0.847. The van der Waals surface area contributed by atoms with Crippen LogP contribution in [-0.2, 0) is 7.05 Å². The molecule has 4 heteroatoms. The first-order valence-corrected chi connectivity index (χ1v) is 6.06. The number of aryl methyl sites for hydroxylation is 2. The first kappa shape index (κ1) is 11.3. The third-order valence-corrected chi connectivity index (χ3v) is 3.06. The summed E-state index contributed by atoms with van der Waals surface area (Å²) >= 11 is 0. The molecule has 0 radical (unpaired) electrons. The molecular formula is C12H22N4. The highest BCUT2D eigenvalue weighted by Gasteiger charge is 2.32. The highest BCUT2D eigenvalue weighted by atomic mass is 15.4. The standard InChI is InChI=1S/C12H22N4/c1-8(2)7-16(10-5-6-10)12-11(13)9(3)14-15(12)4/h8,10H,5-7,13H2,1-4H3. The Bertz CT molecular complexity index is 377. The topological polar surface area (TPSA) is 47.1 Å². The summed E-state index contributed by atoms with van der Waals surface area (Å²) in [5.74, 6) is 1.75. The van der Waals surface area contributed by atoms with Gasteiger partial charge in [-0.15, -0.1) is 0 Å². The second-order valence-corrected chi connectivity index (χ2v) is 5.22. The molecular weight excluding hydrogens is 200 g/mol. The van der Waals surface area contributed by atoms with E-state index in [1.807, 2.05) is 18.7 Å². The lowest BCUT2D eigenvalue weighted by Crippen LogP contribution is -2.32. The third-order valence-electron chi connectivity index (χ3n) is 3.06. The zero-order chi connectivity index (χ0) is 11.9. The van der Waals surface area contributed by atoms with E-state index in [0.717, 1.165) is 23.7 Å². The summed E-state index contributed by atoms with van der Waals surface area (Å²) in [4.78, 5) is 2.43. The molecule has 0 aliphatic heterocycles. The van der Waals surface area contributed by atoms with Gasteiger partial charge in [-0.25, -0.2) is 0 Å². The van der Waals surface area contributed by atoms with Gasteiger partial charge < -0.3 is 10.6 Å². The second-order valence-electron chi connectivity index (χ2n) is 5.22. The molecule has 1 heterocycles. The van der Waals surface area contributed by atoms with Crippen LogP contribution in [0.4, 0.5) is 11.5 Å². The van der Waals surface area contributed by atoms with Crippen molar-refractivity contribution in [3.63, 3.8) is 0 Å². The van der Waals surface area contributed by atoms with Crippen molar-refractivity contribution in [3.05, 3.63) is 5.69 Å². The summed E-state index contributed by atoms with van der Waals surface area (Å²) in [7, 11) is 1.98. The van der Waals surface area contributed by atoms with Crippen LogP contribution in [0.3, 0.4) is 0 Å². The van der Waals surface area contributed by atoms with E-state index in [-0.39, 0.29) is 0 Å². The van der Waals surface area contributed by atoms with Crippen LogP contribution in [0.1, 0.15) is 32.4 Å². The predicted octanol–water partition coefficient (Wildman–Crippen LogP) is 1.94. The Morgan fingerprint density at radius 3 is 2.50 bits per heavy atom. The summed E-state index contributed by atoms with van der Waals surface area (Å²) in [6, 6.07) is 0.680. The van der Waals surface area contributed by atoms with Crippen molar-refractivity contribution in [3.8, 4) is 0 Å². The Morgan fingerprint density at radius 1 is 1.50 bits per heavy atom. The van der Waals surface area contributed by atoms with Crippen molar-refractivity contribution in [2.75, 3.05) is 17.2 Å². The molecule has 0 atom stereocenters. The molecule has 0 aromatic carbocycles. The fourth-order valence-corrected chi connectivity index (χ4v) is 2.19. The van der Waals surface area contributed by atoms with E-state index >= 15 is 0 Å². The van der Waals surface area contributed by atoms with E-state index in [1.165, 1.54) is 12.8 Å². The fourth-order valence-electron chi connectivity index (χ4n) is 2.19. The summed E-state index contributed by atoms with van der Waals surface area (Å²) in [5.41, 5.74) is 7.90. The molecule has 0 bridgehead atoms. The molecule has 2 rings (SSSR count).